The van der Waals surface area contributed by atoms with E-state index in [1.807, 2.05) is 41.7 Å². The second kappa shape index (κ2) is 13.6. The molecule has 208 valence electrons. The molecule has 36 heavy (non-hydrogen) atoms. The average Bonchev–Trinajstić information content (AvgIpc) is 2.80. The van der Waals surface area contributed by atoms with Crippen molar-refractivity contribution >= 4 is 17.8 Å². The zero-order valence-corrected chi connectivity index (χ0v) is 24.8. The van der Waals surface area contributed by atoms with Gasteiger partial charge in [-0.2, -0.15) is 0 Å². The zero-order valence-electron chi connectivity index (χ0n) is 24.8. The molecule has 0 aromatic carbocycles. The van der Waals surface area contributed by atoms with Crippen LogP contribution in [0.15, 0.2) is 11.6 Å². The number of esters is 1. The third-order valence-electron chi connectivity index (χ3n) is 7.85. The number of nitrogens with one attached hydrogen (secondary N) is 2. The van der Waals surface area contributed by atoms with Crippen LogP contribution in [-0.2, 0) is 19.1 Å². The molecule has 7 nitrogen and oxygen atoms in total. The summed E-state index contributed by atoms with van der Waals surface area (Å²) in [5.41, 5.74) is -0.275. The third kappa shape index (κ3) is 8.32. The van der Waals surface area contributed by atoms with Gasteiger partial charge in [-0.15, -0.1) is 0 Å². The molecular formula is C29H53N3O4. The first kappa shape index (κ1) is 32.1. The predicted molar refractivity (Wildman–Crippen MR) is 146 cm³/mol. The third-order valence-corrected chi connectivity index (χ3v) is 7.85. The first-order chi connectivity index (χ1) is 16.6. The molecule has 3 atom stereocenters. The van der Waals surface area contributed by atoms with Crippen LogP contribution in [0.4, 0.5) is 0 Å². The fourth-order valence-corrected chi connectivity index (χ4v) is 5.47. The van der Waals surface area contributed by atoms with Crippen molar-refractivity contribution in [2.45, 2.75) is 113 Å². The fraction of sp³-hybridized carbons (Fsp3) is 0.828. The second-order valence-electron chi connectivity index (χ2n) is 12.4. The van der Waals surface area contributed by atoms with E-state index in [1.165, 1.54) is 19.3 Å². The summed E-state index contributed by atoms with van der Waals surface area (Å²) in [4.78, 5) is 41.4. The molecule has 2 amide bonds. The number of nitrogens with zero attached hydrogens (tertiary/aromatic N) is 1. The topological polar surface area (TPSA) is 87.7 Å². The van der Waals surface area contributed by atoms with Gasteiger partial charge in [-0.1, -0.05) is 73.8 Å². The molecule has 0 aromatic heterocycles. The quantitative estimate of drug-likeness (QED) is 0.313. The van der Waals surface area contributed by atoms with E-state index in [0.717, 1.165) is 12.8 Å². The van der Waals surface area contributed by atoms with Gasteiger partial charge in [0.2, 0.25) is 11.8 Å². The van der Waals surface area contributed by atoms with E-state index in [4.69, 9.17) is 4.74 Å². The first-order valence-electron chi connectivity index (χ1n) is 13.7. The maximum Gasteiger partial charge on any atom is 0.333 e. The minimum absolute atomic E-state index is 0.0648. The normalized spacial score (nSPS) is 18.4. The molecule has 0 aliphatic heterocycles. The molecule has 1 aliphatic carbocycles. The number of carbonyl (C=O) groups excluding carboxylic acids is 3. The molecule has 0 heterocycles. The number of ether oxygens (including phenoxy) is 1. The summed E-state index contributed by atoms with van der Waals surface area (Å²) in [6.07, 6.45) is 7.72. The molecule has 1 fully saturated rings. The Morgan fingerprint density at radius 3 is 2.03 bits per heavy atom. The summed E-state index contributed by atoms with van der Waals surface area (Å²) >= 11 is 0. The molecule has 0 spiro atoms. The average molecular weight is 508 g/mol. The number of hydrogen-bond acceptors (Lipinski definition) is 5. The standard InChI is InChI=1S/C29H53N3O4/c1-12-36-27(35)20(4)18-22(19(2)3)32(11)26(34)24(28(5,6)7)31-25(33)23(30-10)29(8,9)21-16-14-13-15-17-21/h18-19,21-24,30H,12-17H2,1-11H3,(H,31,33)/t22-,23-,24-/m1/s1. The van der Waals surface area contributed by atoms with Crippen molar-refractivity contribution in [3.8, 4) is 0 Å². The fourth-order valence-electron chi connectivity index (χ4n) is 5.47. The maximum absolute atomic E-state index is 13.9. The van der Waals surface area contributed by atoms with Gasteiger partial charge < -0.3 is 20.3 Å². The van der Waals surface area contributed by atoms with Gasteiger partial charge in [-0.25, -0.2) is 4.79 Å². The van der Waals surface area contributed by atoms with Crippen LogP contribution in [0, 0.1) is 22.7 Å². The second-order valence-corrected chi connectivity index (χ2v) is 12.4. The van der Waals surface area contributed by atoms with Crippen LogP contribution >= 0.6 is 0 Å². The molecule has 1 saturated carbocycles. The van der Waals surface area contributed by atoms with Crippen LogP contribution in [0.25, 0.3) is 0 Å². The minimum atomic E-state index is -0.717. The minimum Gasteiger partial charge on any atom is -0.463 e. The maximum atomic E-state index is 13.9. The summed E-state index contributed by atoms with van der Waals surface area (Å²) < 4.78 is 5.12. The summed E-state index contributed by atoms with van der Waals surface area (Å²) in [7, 11) is 3.57. The molecule has 0 aromatic rings. The Labute approximate surface area is 220 Å². The highest BCUT2D eigenvalue weighted by Crippen LogP contribution is 2.41. The van der Waals surface area contributed by atoms with E-state index in [2.05, 4.69) is 24.5 Å². The van der Waals surface area contributed by atoms with E-state index >= 15 is 0 Å². The molecule has 0 radical (unpaired) electrons. The summed E-state index contributed by atoms with van der Waals surface area (Å²) in [6, 6.07) is -1.44. The van der Waals surface area contributed by atoms with E-state index in [-0.39, 0.29) is 35.2 Å². The molecule has 2 N–H and O–H groups in total. The van der Waals surface area contributed by atoms with Gasteiger partial charge >= 0.3 is 5.97 Å². The van der Waals surface area contributed by atoms with Crippen LogP contribution in [0.2, 0.25) is 0 Å². The van der Waals surface area contributed by atoms with Gasteiger partial charge in [0.05, 0.1) is 18.7 Å². The molecule has 1 rings (SSSR count). The van der Waals surface area contributed by atoms with E-state index in [9.17, 15) is 14.4 Å². The Bertz CT molecular complexity index is 776. The van der Waals surface area contributed by atoms with Crippen molar-refractivity contribution in [1.29, 1.82) is 0 Å². The van der Waals surface area contributed by atoms with Crippen molar-refractivity contribution in [3.63, 3.8) is 0 Å². The van der Waals surface area contributed by atoms with Crippen LogP contribution in [0.3, 0.4) is 0 Å². The molecular weight excluding hydrogens is 454 g/mol. The number of amides is 2. The van der Waals surface area contributed by atoms with Crippen molar-refractivity contribution < 1.29 is 19.1 Å². The highest BCUT2D eigenvalue weighted by atomic mass is 16.5. The summed E-state index contributed by atoms with van der Waals surface area (Å²) in [5, 5.41) is 6.38. The summed E-state index contributed by atoms with van der Waals surface area (Å²) in [5.74, 6) is -0.175. The van der Waals surface area contributed by atoms with Crippen LogP contribution in [-0.4, -0.2) is 61.5 Å². The zero-order chi connectivity index (χ0) is 27.8. The number of likely N-dealkylation sites (N-methyl/N-ethyl adjacent to an activating group) is 2. The number of carbonyl (C=O) groups is 3. The van der Waals surface area contributed by atoms with Crippen LogP contribution < -0.4 is 10.6 Å². The molecule has 0 saturated heterocycles. The summed E-state index contributed by atoms with van der Waals surface area (Å²) in [6.45, 7) is 18.0. The molecule has 0 bridgehead atoms. The Morgan fingerprint density at radius 1 is 1.03 bits per heavy atom. The van der Waals surface area contributed by atoms with E-state index in [1.54, 1.807) is 31.9 Å². The monoisotopic (exact) mass is 507 g/mol. The van der Waals surface area contributed by atoms with Gasteiger partial charge in [-0.05, 0) is 56.4 Å². The Balaban J connectivity index is 3.21. The van der Waals surface area contributed by atoms with Gasteiger partial charge in [0.15, 0.2) is 0 Å². The lowest BCUT2D eigenvalue weighted by Gasteiger charge is -2.43. The lowest BCUT2D eigenvalue weighted by Crippen LogP contribution is -2.61. The Kier molecular flexibility index (Phi) is 12.1. The van der Waals surface area contributed by atoms with Gasteiger partial charge in [0, 0.05) is 12.6 Å². The Hall–Kier alpha value is -1.89. The van der Waals surface area contributed by atoms with Crippen LogP contribution in [0.1, 0.15) is 94.4 Å². The van der Waals surface area contributed by atoms with Crippen molar-refractivity contribution in [3.05, 3.63) is 11.6 Å². The highest BCUT2D eigenvalue weighted by molar-refractivity contribution is 5.91. The lowest BCUT2D eigenvalue weighted by atomic mass is 9.66. The molecule has 0 unspecified atom stereocenters. The van der Waals surface area contributed by atoms with Crippen molar-refractivity contribution in [2.75, 3.05) is 20.7 Å². The molecule has 7 heteroatoms. The van der Waals surface area contributed by atoms with E-state index < -0.39 is 17.5 Å². The van der Waals surface area contributed by atoms with Crippen LogP contribution in [0.5, 0.6) is 0 Å². The smallest absolute Gasteiger partial charge is 0.333 e. The number of hydrogen-bond donors (Lipinski definition) is 2. The predicted octanol–water partition coefficient (Wildman–Crippen LogP) is 4.70. The number of rotatable bonds is 11. The highest BCUT2D eigenvalue weighted by Gasteiger charge is 2.44. The van der Waals surface area contributed by atoms with Gasteiger partial charge in [0.1, 0.15) is 6.04 Å². The van der Waals surface area contributed by atoms with Crippen molar-refractivity contribution in [1.82, 2.24) is 15.5 Å². The molecule has 1 aliphatic rings. The lowest BCUT2D eigenvalue weighted by molar-refractivity contribution is -0.142. The van der Waals surface area contributed by atoms with Gasteiger partial charge in [0.25, 0.3) is 0 Å². The van der Waals surface area contributed by atoms with Gasteiger partial charge in [-0.3, -0.25) is 9.59 Å². The Morgan fingerprint density at radius 2 is 1.58 bits per heavy atom. The van der Waals surface area contributed by atoms with Crippen molar-refractivity contribution in [2.24, 2.45) is 22.7 Å². The first-order valence-corrected chi connectivity index (χ1v) is 13.7. The largest absolute Gasteiger partial charge is 0.463 e. The SMILES string of the molecule is CCOC(=O)C(C)=C[C@H](C(C)C)N(C)C(=O)[C@@H](NC(=O)[C@@H](NC)C(C)(C)C1CCCCC1)C(C)(C)C. The van der Waals surface area contributed by atoms with E-state index in [0.29, 0.717) is 18.1 Å².